The minimum Gasteiger partial charge on any atom is -0.494 e. The molecule has 0 fully saturated rings. The van der Waals surface area contributed by atoms with E-state index in [0.29, 0.717) is 16.2 Å². The lowest BCUT2D eigenvalue weighted by Crippen LogP contribution is -2.17. The standard InChI is InChI=1S/C24H15Cl3O5/c1-12-3-8-15-18(11-12)31-21(13-4-6-14(25)7-5-13)23(20(15)28)32-24(29)19-16(26)9-10-17(27)22(19)30-2/h3-11H,1-2H3. The summed E-state index contributed by atoms with van der Waals surface area (Å²) in [4.78, 5) is 26.4. The Kier molecular flexibility index (Phi) is 6.15. The van der Waals surface area contributed by atoms with Crippen molar-refractivity contribution in [1.29, 1.82) is 0 Å². The average molecular weight is 490 g/mol. The number of ether oxygens (including phenoxy) is 2. The van der Waals surface area contributed by atoms with E-state index in [1.54, 1.807) is 42.5 Å². The fraction of sp³-hybridized carbons (Fsp3) is 0.0833. The van der Waals surface area contributed by atoms with Gasteiger partial charge in [-0.3, -0.25) is 4.79 Å². The summed E-state index contributed by atoms with van der Waals surface area (Å²) in [5, 5.41) is 0.995. The second-order valence-corrected chi connectivity index (χ2v) is 8.17. The van der Waals surface area contributed by atoms with E-state index in [1.807, 2.05) is 6.92 Å². The minimum absolute atomic E-state index is 0.0398. The number of esters is 1. The van der Waals surface area contributed by atoms with Gasteiger partial charge in [0.15, 0.2) is 11.5 Å². The largest absolute Gasteiger partial charge is 0.494 e. The number of aryl methyl sites for hydroxylation is 1. The van der Waals surface area contributed by atoms with Crippen LogP contribution in [0.4, 0.5) is 0 Å². The number of fused-ring (bicyclic) bond motifs is 1. The third kappa shape index (κ3) is 4.07. The van der Waals surface area contributed by atoms with E-state index in [0.717, 1.165) is 5.56 Å². The van der Waals surface area contributed by atoms with Gasteiger partial charge in [0.1, 0.15) is 11.1 Å². The monoisotopic (exact) mass is 488 g/mol. The van der Waals surface area contributed by atoms with Gasteiger partial charge < -0.3 is 13.9 Å². The van der Waals surface area contributed by atoms with Crippen molar-refractivity contribution in [2.24, 2.45) is 0 Å². The van der Waals surface area contributed by atoms with Crippen molar-refractivity contribution >= 4 is 51.7 Å². The number of hydrogen-bond donors (Lipinski definition) is 0. The van der Waals surface area contributed by atoms with Gasteiger partial charge in [-0.15, -0.1) is 0 Å². The maximum atomic E-state index is 13.3. The number of methoxy groups -OCH3 is 1. The van der Waals surface area contributed by atoms with Crippen molar-refractivity contribution in [3.05, 3.63) is 91.0 Å². The smallest absolute Gasteiger partial charge is 0.349 e. The molecule has 3 aromatic carbocycles. The van der Waals surface area contributed by atoms with Crippen LogP contribution >= 0.6 is 34.8 Å². The van der Waals surface area contributed by atoms with E-state index in [2.05, 4.69) is 0 Å². The van der Waals surface area contributed by atoms with Crippen molar-refractivity contribution in [2.45, 2.75) is 6.92 Å². The molecule has 162 valence electrons. The number of benzene rings is 3. The first-order chi connectivity index (χ1) is 15.3. The Morgan fingerprint density at radius 2 is 1.59 bits per heavy atom. The lowest BCUT2D eigenvalue weighted by atomic mass is 10.1. The molecular formula is C24H15Cl3O5. The van der Waals surface area contributed by atoms with Gasteiger partial charge in [-0.2, -0.15) is 0 Å². The van der Waals surface area contributed by atoms with Crippen LogP contribution < -0.4 is 14.9 Å². The molecule has 8 heteroatoms. The maximum Gasteiger partial charge on any atom is 0.349 e. The molecule has 0 amide bonds. The Labute approximate surface area is 198 Å². The summed E-state index contributed by atoms with van der Waals surface area (Å²) in [6.45, 7) is 1.88. The third-order valence-corrected chi connectivity index (χ3v) is 5.64. The molecule has 0 N–H and O–H groups in total. The number of carbonyl (C=O) groups excluding carboxylic acids is 1. The molecule has 0 saturated carbocycles. The molecule has 1 aromatic heterocycles. The molecule has 1 heterocycles. The van der Waals surface area contributed by atoms with Gasteiger partial charge in [-0.25, -0.2) is 4.79 Å². The average Bonchev–Trinajstić information content (AvgIpc) is 2.77. The van der Waals surface area contributed by atoms with Crippen LogP contribution in [0.3, 0.4) is 0 Å². The molecular weight excluding hydrogens is 475 g/mol. The number of halogens is 3. The normalized spacial score (nSPS) is 10.9. The van der Waals surface area contributed by atoms with Crippen LogP contribution in [0.2, 0.25) is 15.1 Å². The highest BCUT2D eigenvalue weighted by Gasteiger charge is 2.26. The lowest BCUT2D eigenvalue weighted by Gasteiger charge is -2.14. The molecule has 0 atom stereocenters. The maximum absolute atomic E-state index is 13.3. The molecule has 0 aliphatic rings. The van der Waals surface area contributed by atoms with Crippen molar-refractivity contribution in [1.82, 2.24) is 0 Å². The van der Waals surface area contributed by atoms with Gasteiger partial charge in [-0.1, -0.05) is 40.9 Å². The quantitative estimate of drug-likeness (QED) is 0.290. The topological polar surface area (TPSA) is 65.7 Å². The molecule has 0 spiro atoms. The minimum atomic E-state index is -0.914. The Balaban J connectivity index is 1.93. The summed E-state index contributed by atoms with van der Waals surface area (Å²) in [6.07, 6.45) is 0. The fourth-order valence-corrected chi connectivity index (χ4v) is 3.82. The van der Waals surface area contributed by atoms with Crippen LogP contribution in [0.15, 0.2) is 63.8 Å². The Bertz CT molecular complexity index is 1410. The van der Waals surface area contributed by atoms with Crippen molar-refractivity contribution < 1.29 is 18.7 Å². The van der Waals surface area contributed by atoms with Crippen LogP contribution in [0.25, 0.3) is 22.3 Å². The summed E-state index contributed by atoms with van der Waals surface area (Å²) in [5.41, 5.74) is 1.15. The van der Waals surface area contributed by atoms with Crippen molar-refractivity contribution in [2.75, 3.05) is 7.11 Å². The van der Waals surface area contributed by atoms with Crippen LogP contribution in [0.5, 0.6) is 11.5 Å². The fourth-order valence-electron chi connectivity index (χ4n) is 3.23. The van der Waals surface area contributed by atoms with Crippen LogP contribution in [0.1, 0.15) is 15.9 Å². The second-order valence-electron chi connectivity index (χ2n) is 6.92. The summed E-state index contributed by atoms with van der Waals surface area (Å²) < 4.78 is 16.8. The highest BCUT2D eigenvalue weighted by atomic mass is 35.5. The van der Waals surface area contributed by atoms with Gasteiger partial charge in [0.2, 0.25) is 11.2 Å². The first-order valence-electron chi connectivity index (χ1n) is 9.37. The molecule has 4 rings (SSSR count). The zero-order valence-corrected chi connectivity index (χ0v) is 19.1. The van der Waals surface area contributed by atoms with E-state index >= 15 is 0 Å². The zero-order valence-electron chi connectivity index (χ0n) is 16.9. The van der Waals surface area contributed by atoms with E-state index in [-0.39, 0.29) is 38.3 Å². The Morgan fingerprint density at radius 1 is 0.906 bits per heavy atom. The van der Waals surface area contributed by atoms with Gasteiger partial charge in [-0.05, 0) is 61.0 Å². The molecule has 4 aromatic rings. The third-order valence-electron chi connectivity index (χ3n) is 4.77. The molecule has 5 nitrogen and oxygen atoms in total. The molecule has 0 unspecified atom stereocenters. The van der Waals surface area contributed by atoms with E-state index in [9.17, 15) is 9.59 Å². The van der Waals surface area contributed by atoms with Crippen LogP contribution in [-0.4, -0.2) is 13.1 Å². The molecule has 0 bridgehead atoms. The number of rotatable bonds is 4. The molecule has 0 aliphatic heterocycles. The first-order valence-corrected chi connectivity index (χ1v) is 10.5. The summed E-state index contributed by atoms with van der Waals surface area (Å²) in [5.74, 6) is -1.08. The highest BCUT2D eigenvalue weighted by molar-refractivity contribution is 6.37. The Hall–Kier alpha value is -2.99. The summed E-state index contributed by atoms with van der Waals surface area (Å²) in [7, 11) is 1.35. The molecule has 32 heavy (non-hydrogen) atoms. The summed E-state index contributed by atoms with van der Waals surface area (Å²) in [6, 6.07) is 14.6. The van der Waals surface area contributed by atoms with E-state index < -0.39 is 11.4 Å². The molecule has 0 aliphatic carbocycles. The molecule has 0 radical (unpaired) electrons. The number of carbonyl (C=O) groups is 1. The lowest BCUT2D eigenvalue weighted by molar-refractivity contribution is 0.0728. The van der Waals surface area contributed by atoms with Gasteiger partial charge in [0.25, 0.3) is 0 Å². The second kappa shape index (κ2) is 8.87. The highest BCUT2D eigenvalue weighted by Crippen LogP contribution is 2.36. The Morgan fingerprint density at radius 3 is 2.28 bits per heavy atom. The SMILES string of the molecule is COc1c(Cl)ccc(Cl)c1C(=O)Oc1c(-c2ccc(Cl)cc2)oc2cc(C)ccc2c1=O. The summed E-state index contributed by atoms with van der Waals surface area (Å²) >= 11 is 18.3. The van der Waals surface area contributed by atoms with Crippen LogP contribution in [0, 0.1) is 6.92 Å². The van der Waals surface area contributed by atoms with E-state index in [4.69, 9.17) is 48.7 Å². The van der Waals surface area contributed by atoms with Crippen molar-refractivity contribution in [3.63, 3.8) is 0 Å². The first kappa shape index (κ1) is 22.2. The van der Waals surface area contributed by atoms with Crippen LogP contribution in [-0.2, 0) is 0 Å². The zero-order chi connectivity index (χ0) is 23.0. The van der Waals surface area contributed by atoms with Gasteiger partial charge in [0.05, 0.1) is 22.5 Å². The molecule has 0 saturated heterocycles. The van der Waals surface area contributed by atoms with Gasteiger partial charge in [0, 0.05) is 10.6 Å². The predicted molar refractivity (Wildman–Crippen MR) is 126 cm³/mol. The van der Waals surface area contributed by atoms with Gasteiger partial charge >= 0.3 is 5.97 Å². The predicted octanol–water partition coefficient (Wildman–Crippen LogP) is 6.96. The van der Waals surface area contributed by atoms with Crippen molar-refractivity contribution in [3.8, 4) is 22.8 Å². The number of hydrogen-bond acceptors (Lipinski definition) is 5. The van der Waals surface area contributed by atoms with E-state index in [1.165, 1.54) is 19.2 Å².